The molecule has 0 fully saturated rings. The van der Waals surface area contributed by atoms with Crippen LogP contribution < -0.4 is 11.1 Å². The molecule has 6 heteroatoms. The fourth-order valence-electron chi connectivity index (χ4n) is 1.56. The summed E-state index contributed by atoms with van der Waals surface area (Å²) in [7, 11) is 0. The first kappa shape index (κ1) is 14.6. The Hall–Kier alpha value is -0.780. The van der Waals surface area contributed by atoms with E-state index in [-0.39, 0.29) is 0 Å². The topological polar surface area (TPSA) is 38.0 Å². The first-order valence-electron chi connectivity index (χ1n) is 5.35. The lowest BCUT2D eigenvalue weighted by molar-refractivity contribution is 0.622. The van der Waals surface area contributed by atoms with Crippen LogP contribution in [0.3, 0.4) is 0 Å². The maximum atomic E-state index is 13.3. The smallest absolute Gasteiger partial charge is 0.139 e. The predicted octanol–water partition coefficient (Wildman–Crippen LogP) is 5.64. The zero-order valence-corrected chi connectivity index (χ0v) is 13.8. The van der Waals surface area contributed by atoms with Gasteiger partial charge in [-0.3, -0.25) is 0 Å². The number of nitrogens with one attached hydrogen (secondary N) is 1. The second kappa shape index (κ2) is 5.69. The molecule has 0 heterocycles. The van der Waals surface area contributed by atoms with Crippen LogP contribution in [0.25, 0.3) is 0 Å². The molecule has 0 saturated carbocycles. The Morgan fingerprint density at radius 1 is 1.11 bits per heavy atom. The SMILES string of the molecule is Cc1cc(Br)c(Nc2cc(Br)c(F)cc2N)cc1Cl. The Morgan fingerprint density at radius 2 is 1.79 bits per heavy atom. The lowest BCUT2D eigenvalue weighted by Crippen LogP contribution is -1.98. The normalized spacial score (nSPS) is 10.6. The summed E-state index contributed by atoms with van der Waals surface area (Å²) in [5, 5.41) is 3.77. The van der Waals surface area contributed by atoms with Crippen LogP contribution in [0.2, 0.25) is 5.02 Å². The predicted molar refractivity (Wildman–Crippen MR) is 85.7 cm³/mol. The summed E-state index contributed by atoms with van der Waals surface area (Å²) in [6.45, 7) is 1.92. The van der Waals surface area contributed by atoms with Gasteiger partial charge in [0.25, 0.3) is 0 Å². The van der Waals surface area contributed by atoms with Gasteiger partial charge in [0.05, 0.1) is 21.5 Å². The van der Waals surface area contributed by atoms with E-state index in [1.807, 2.05) is 13.0 Å². The highest BCUT2D eigenvalue weighted by molar-refractivity contribution is 9.10. The third kappa shape index (κ3) is 3.22. The molecule has 2 aromatic carbocycles. The minimum absolute atomic E-state index is 0.323. The molecule has 0 bridgehead atoms. The van der Waals surface area contributed by atoms with Crippen LogP contribution in [0.1, 0.15) is 5.56 Å². The number of hydrogen-bond acceptors (Lipinski definition) is 2. The first-order chi connectivity index (χ1) is 8.88. The van der Waals surface area contributed by atoms with E-state index in [0.29, 0.717) is 20.9 Å². The quantitative estimate of drug-likeness (QED) is 0.631. The Balaban J connectivity index is 2.42. The highest BCUT2D eigenvalue weighted by Crippen LogP contribution is 2.34. The molecule has 0 amide bonds. The summed E-state index contributed by atoms with van der Waals surface area (Å²) in [6.07, 6.45) is 0. The van der Waals surface area contributed by atoms with Crippen molar-refractivity contribution in [2.24, 2.45) is 0 Å². The molecule has 2 rings (SSSR count). The van der Waals surface area contributed by atoms with Crippen LogP contribution in [-0.4, -0.2) is 0 Å². The van der Waals surface area contributed by atoms with E-state index in [4.69, 9.17) is 17.3 Å². The molecule has 0 atom stereocenters. The average molecular weight is 408 g/mol. The second-order valence-corrected chi connectivity index (χ2v) is 6.18. The number of halogens is 4. The molecule has 0 aliphatic heterocycles. The van der Waals surface area contributed by atoms with E-state index in [1.54, 1.807) is 12.1 Å². The van der Waals surface area contributed by atoms with Crippen LogP contribution in [0.5, 0.6) is 0 Å². The number of nitrogen functional groups attached to an aromatic ring is 1. The highest BCUT2D eigenvalue weighted by atomic mass is 79.9. The van der Waals surface area contributed by atoms with Crippen LogP contribution in [0, 0.1) is 12.7 Å². The van der Waals surface area contributed by atoms with Gasteiger partial charge in [-0.1, -0.05) is 11.6 Å². The van der Waals surface area contributed by atoms with E-state index < -0.39 is 5.82 Å². The number of anilines is 3. The third-order valence-corrected chi connectivity index (χ3v) is 4.28. The van der Waals surface area contributed by atoms with Crippen LogP contribution in [0.4, 0.5) is 21.5 Å². The summed E-state index contributed by atoms with van der Waals surface area (Å²) in [6, 6.07) is 6.54. The maximum Gasteiger partial charge on any atom is 0.139 e. The minimum Gasteiger partial charge on any atom is -0.397 e. The summed E-state index contributed by atoms with van der Waals surface area (Å²) in [4.78, 5) is 0. The van der Waals surface area contributed by atoms with Gasteiger partial charge in [0.15, 0.2) is 0 Å². The fraction of sp³-hybridized carbons (Fsp3) is 0.0769. The molecule has 100 valence electrons. The summed E-state index contributed by atoms with van der Waals surface area (Å²) >= 11 is 12.7. The van der Waals surface area contributed by atoms with E-state index in [9.17, 15) is 4.39 Å². The van der Waals surface area contributed by atoms with E-state index in [1.165, 1.54) is 6.07 Å². The van der Waals surface area contributed by atoms with Crippen molar-refractivity contribution in [2.45, 2.75) is 6.92 Å². The van der Waals surface area contributed by atoms with Gasteiger partial charge < -0.3 is 11.1 Å². The van der Waals surface area contributed by atoms with Gasteiger partial charge in [-0.2, -0.15) is 0 Å². The summed E-state index contributed by atoms with van der Waals surface area (Å²) < 4.78 is 14.5. The van der Waals surface area contributed by atoms with Gasteiger partial charge in [-0.15, -0.1) is 0 Å². The highest BCUT2D eigenvalue weighted by Gasteiger charge is 2.09. The number of aryl methyl sites for hydroxylation is 1. The van der Waals surface area contributed by atoms with Crippen molar-refractivity contribution < 1.29 is 4.39 Å². The van der Waals surface area contributed by atoms with Crippen molar-refractivity contribution in [3.05, 3.63) is 49.6 Å². The zero-order chi connectivity index (χ0) is 14.2. The lowest BCUT2D eigenvalue weighted by Gasteiger charge is -2.13. The number of benzene rings is 2. The summed E-state index contributed by atoms with van der Waals surface area (Å²) in [5.74, 6) is -0.399. The lowest BCUT2D eigenvalue weighted by atomic mass is 10.2. The van der Waals surface area contributed by atoms with Crippen molar-refractivity contribution in [3.63, 3.8) is 0 Å². The molecule has 0 aliphatic rings. The monoisotopic (exact) mass is 406 g/mol. The molecule has 0 unspecified atom stereocenters. The van der Waals surface area contributed by atoms with E-state index in [2.05, 4.69) is 37.2 Å². The number of nitrogens with two attached hydrogens (primary N) is 1. The van der Waals surface area contributed by atoms with Crippen molar-refractivity contribution in [3.8, 4) is 0 Å². The van der Waals surface area contributed by atoms with Crippen molar-refractivity contribution in [2.75, 3.05) is 11.1 Å². The molecular formula is C13H10Br2ClFN2. The Labute approximate surface area is 132 Å². The molecule has 0 aliphatic carbocycles. The average Bonchev–Trinajstić information content (AvgIpc) is 2.32. The second-order valence-electron chi connectivity index (χ2n) is 4.06. The minimum atomic E-state index is -0.399. The largest absolute Gasteiger partial charge is 0.397 e. The van der Waals surface area contributed by atoms with Crippen LogP contribution in [-0.2, 0) is 0 Å². The van der Waals surface area contributed by atoms with Crippen LogP contribution in [0.15, 0.2) is 33.2 Å². The van der Waals surface area contributed by atoms with Gasteiger partial charge in [0, 0.05) is 15.6 Å². The third-order valence-electron chi connectivity index (χ3n) is 2.61. The Kier molecular flexibility index (Phi) is 4.38. The fourth-order valence-corrected chi connectivity index (χ4v) is 2.62. The standard InChI is InChI=1S/C13H10Br2ClFN2/c1-6-2-8(15)12(4-9(6)16)19-13-3-7(14)10(17)5-11(13)18/h2-5,19H,18H2,1H3. The molecule has 0 spiro atoms. The van der Waals surface area contributed by atoms with Gasteiger partial charge in [-0.05, 0) is 62.5 Å². The van der Waals surface area contributed by atoms with Gasteiger partial charge in [0.1, 0.15) is 5.82 Å². The molecular weight excluding hydrogens is 398 g/mol. The molecule has 0 saturated heterocycles. The van der Waals surface area contributed by atoms with Gasteiger partial charge in [-0.25, -0.2) is 4.39 Å². The Morgan fingerprint density at radius 3 is 2.47 bits per heavy atom. The molecule has 0 aromatic heterocycles. The first-order valence-corrected chi connectivity index (χ1v) is 7.32. The van der Waals surface area contributed by atoms with Crippen molar-refractivity contribution >= 4 is 60.5 Å². The molecule has 2 aromatic rings. The van der Waals surface area contributed by atoms with Gasteiger partial charge >= 0.3 is 0 Å². The maximum absolute atomic E-state index is 13.3. The van der Waals surface area contributed by atoms with Gasteiger partial charge in [0.2, 0.25) is 0 Å². The number of rotatable bonds is 2. The van der Waals surface area contributed by atoms with Crippen molar-refractivity contribution in [1.82, 2.24) is 0 Å². The number of hydrogen-bond donors (Lipinski definition) is 2. The van der Waals surface area contributed by atoms with Crippen LogP contribution >= 0.6 is 43.5 Å². The molecule has 19 heavy (non-hydrogen) atoms. The molecule has 2 nitrogen and oxygen atoms in total. The summed E-state index contributed by atoms with van der Waals surface area (Å²) in [5.41, 5.74) is 8.44. The Bertz CT molecular complexity index is 592. The molecule has 3 N–H and O–H groups in total. The molecule has 0 radical (unpaired) electrons. The van der Waals surface area contributed by atoms with E-state index in [0.717, 1.165) is 15.7 Å². The van der Waals surface area contributed by atoms with E-state index >= 15 is 0 Å². The zero-order valence-electron chi connectivity index (χ0n) is 9.90. The van der Waals surface area contributed by atoms with Crippen molar-refractivity contribution in [1.29, 1.82) is 0 Å².